The number of aliphatic carboxylic acids is 1. The number of carboxylic acids is 1. The van der Waals surface area contributed by atoms with Gasteiger partial charge in [-0.15, -0.1) is 0 Å². The minimum atomic E-state index is -4.48. The number of nitrogens with zero attached hydrogens (tertiary/aromatic N) is 2. The molecule has 1 heterocycles. The van der Waals surface area contributed by atoms with E-state index in [2.05, 4.69) is 4.90 Å². The number of carboxylic acid groups (broad SMARTS) is 1. The largest absolute Gasteiger partial charge is 0.481 e. The first-order chi connectivity index (χ1) is 9.38. The van der Waals surface area contributed by atoms with Gasteiger partial charge in [0, 0.05) is 32.2 Å². The molecular formula is C13H21F3N2O2. The number of hydrogen-bond donors (Lipinski definition) is 1. The summed E-state index contributed by atoms with van der Waals surface area (Å²) in [4.78, 5) is 14.2. The van der Waals surface area contributed by atoms with E-state index in [-0.39, 0.29) is 0 Å². The lowest BCUT2D eigenvalue weighted by molar-refractivity contribution is -0.194. The zero-order valence-electron chi connectivity index (χ0n) is 11.4. The Kier molecular flexibility index (Phi) is 4.90. The van der Waals surface area contributed by atoms with E-state index in [9.17, 15) is 18.0 Å². The Hall–Kier alpha value is -0.820. The minimum Gasteiger partial charge on any atom is -0.481 e. The van der Waals surface area contributed by atoms with Crippen LogP contribution < -0.4 is 0 Å². The molecule has 1 aliphatic heterocycles. The molecule has 0 radical (unpaired) electrons. The molecule has 2 aliphatic rings. The summed E-state index contributed by atoms with van der Waals surface area (Å²) in [5, 5.41) is 8.67. The van der Waals surface area contributed by atoms with Crippen molar-refractivity contribution in [2.75, 3.05) is 26.2 Å². The summed E-state index contributed by atoms with van der Waals surface area (Å²) < 4.78 is 38.8. The maximum Gasteiger partial charge on any atom is 0.404 e. The van der Waals surface area contributed by atoms with Gasteiger partial charge >= 0.3 is 12.1 Å². The Bertz CT molecular complexity index is 335. The molecule has 0 aromatic heterocycles. The number of piperazine rings is 1. The Morgan fingerprint density at radius 3 is 2.15 bits per heavy atom. The first-order valence-electron chi connectivity index (χ1n) is 7.14. The Morgan fingerprint density at radius 1 is 1.15 bits per heavy atom. The summed E-state index contributed by atoms with van der Waals surface area (Å²) in [7, 11) is 0. The van der Waals surface area contributed by atoms with Crippen molar-refractivity contribution in [2.24, 2.45) is 0 Å². The summed E-state index contributed by atoms with van der Waals surface area (Å²) in [6, 6.07) is -1.34. The highest BCUT2D eigenvalue weighted by Gasteiger charge is 2.45. The van der Waals surface area contributed by atoms with Crippen molar-refractivity contribution in [3.63, 3.8) is 0 Å². The van der Waals surface area contributed by atoms with E-state index in [1.54, 1.807) is 0 Å². The van der Waals surface area contributed by atoms with E-state index in [1.807, 2.05) is 0 Å². The van der Waals surface area contributed by atoms with Crippen LogP contribution in [-0.2, 0) is 4.79 Å². The van der Waals surface area contributed by atoms with Gasteiger partial charge in [-0.1, -0.05) is 12.8 Å². The van der Waals surface area contributed by atoms with Crippen LogP contribution in [0, 0.1) is 0 Å². The molecule has 116 valence electrons. The molecule has 2 rings (SSSR count). The van der Waals surface area contributed by atoms with Gasteiger partial charge in [-0.2, -0.15) is 13.2 Å². The molecule has 4 nitrogen and oxygen atoms in total. The monoisotopic (exact) mass is 294 g/mol. The molecule has 1 saturated carbocycles. The van der Waals surface area contributed by atoms with E-state index < -0.39 is 24.6 Å². The van der Waals surface area contributed by atoms with Crippen molar-refractivity contribution in [3.8, 4) is 0 Å². The summed E-state index contributed by atoms with van der Waals surface area (Å²) in [6.07, 6.45) is -0.666. The van der Waals surface area contributed by atoms with Gasteiger partial charge in [-0.3, -0.25) is 14.6 Å². The van der Waals surface area contributed by atoms with E-state index in [1.165, 1.54) is 17.7 Å². The van der Waals surface area contributed by atoms with Gasteiger partial charge in [-0.05, 0) is 12.8 Å². The normalized spacial score (nSPS) is 24.9. The molecule has 1 N–H and O–H groups in total. The van der Waals surface area contributed by atoms with Crippen molar-refractivity contribution >= 4 is 5.97 Å². The average Bonchev–Trinajstić information content (AvgIpc) is 2.88. The van der Waals surface area contributed by atoms with Crippen molar-refractivity contribution in [3.05, 3.63) is 0 Å². The topological polar surface area (TPSA) is 43.8 Å². The fraction of sp³-hybridized carbons (Fsp3) is 0.923. The first kappa shape index (κ1) is 15.6. The van der Waals surface area contributed by atoms with Crippen LogP contribution >= 0.6 is 0 Å². The van der Waals surface area contributed by atoms with E-state index >= 15 is 0 Å². The van der Waals surface area contributed by atoms with Crippen molar-refractivity contribution in [2.45, 2.75) is 50.4 Å². The highest BCUT2D eigenvalue weighted by atomic mass is 19.4. The van der Waals surface area contributed by atoms with Crippen LogP contribution in [0.5, 0.6) is 0 Å². The molecule has 0 bridgehead atoms. The highest BCUT2D eigenvalue weighted by Crippen LogP contribution is 2.30. The second-order valence-electron chi connectivity index (χ2n) is 5.67. The van der Waals surface area contributed by atoms with Crippen LogP contribution in [0.25, 0.3) is 0 Å². The Balaban J connectivity index is 1.91. The lowest BCUT2D eigenvalue weighted by Crippen LogP contribution is -2.56. The van der Waals surface area contributed by atoms with Gasteiger partial charge in [0.05, 0.1) is 6.42 Å². The van der Waals surface area contributed by atoms with Crippen molar-refractivity contribution < 1.29 is 23.1 Å². The van der Waals surface area contributed by atoms with Crippen molar-refractivity contribution in [1.29, 1.82) is 0 Å². The number of hydrogen-bond acceptors (Lipinski definition) is 3. The molecule has 0 aromatic rings. The van der Waals surface area contributed by atoms with Crippen LogP contribution in [-0.4, -0.2) is 65.3 Å². The maximum absolute atomic E-state index is 12.9. The molecule has 0 spiro atoms. The molecule has 0 aromatic carbocycles. The van der Waals surface area contributed by atoms with Gasteiger partial charge < -0.3 is 5.11 Å². The second-order valence-corrected chi connectivity index (χ2v) is 5.67. The van der Waals surface area contributed by atoms with Crippen LogP contribution in [0.1, 0.15) is 32.1 Å². The standard InChI is InChI=1S/C13H21F3N2O2/c14-13(15,16)11(9-12(19)20)18-7-5-17(6-8-18)10-3-1-2-4-10/h10-11H,1-9H2,(H,19,20). The third-order valence-corrected chi connectivity index (χ3v) is 4.38. The van der Waals surface area contributed by atoms with E-state index in [0.29, 0.717) is 32.2 Å². The fourth-order valence-electron chi connectivity index (χ4n) is 3.30. The molecule has 7 heteroatoms. The lowest BCUT2D eigenvalue weighted by atomic mass is 10.1. The third kappa shape index (κ3) is 3.85. The number of halogens is 3. The van der Waals surface area contributed by atoms with Crippen LogP contribution in [0.15, 0.2) is 0 Å². The lowest BCUT2D eigenvalue weighted by Gasteiger charge is -2.41. The van der Waals surface area contributed by atoms with Crippen LogP contribution in [0.3, 0.4) is 0 Å². The second kappa shape index (κ2) is 6.30. The van der Waals surface area contributed by atoms with Gasteiger partial charge in [0.25, 0.3) is 0 Å². The van der Waals surface area contributed by atoms with Crippen molar-refractivity contribution in [1.82, 2.24) is 9.80 Å². The fourth-order valence-corrected chi connectivity index (χ4v) is 3.30. The van der Waals surface area contributed by atoms with Gasteiger partial charge in [0.2, 0.25) is 0 Å². The first-order valence-corrected chi connectivity index (χ1v) is 7.14. The molecule has 1 aliphatic carbocycles. The molecule has 0 amide bonds. The minimum absolute atomic E-state index is 0.300. The van der Waals surface area contributed by atoms with Crippen LogP contribution in [0.4, 0.5) is 13.2 Å². The number of carbonyl (C=O) groups is 1. The number of rotatable bonds is 4. The molecule has 2 fully saturated rings. The average molecular weight is 294 g/mol. The quantitative estimate of drug-likeness (QED) is 0.861. The zero-order chi connectivity index (χ0) is 14.8. The predicted octanol–water partition coefficient (Wildman–Crippen LogP) is 1.95. The predicted molar refractivity (Wildman–Crippen MR) is 67.5 cm³/mol. The van der Waals surface area contributed by atoms with E-state index in [4.69, 9.17) is 5.11 Å². The number of alkyl halides is 3. The SMILES string of the molecule is O=C(O)CC(N1CCN(C2CCCC2)CC1)C(F)(F)F. The Morgan fingerprint density at radius 2 is 1.70 bits per heavy atom. The molecule has 20 heavy (non-hydrogen) atoms. The van der Waals surface area contributed by atoms with Gasteiger partial charge in [-0.25, -0.2) is 0 Å². The summed E-state index contributed by atoms with van der Waals surface area (Å²) in [6.45, 7) is 1.82. The van der Waals surface area contributed by atoms with E-state index in [0.717, 1.165) is 12.8 Å². The highest BCUT2D eigenvalue weighted by molar-refractivity contribution is 5.67. The molecule has 1 atom stereocenters. The maximum atomic E-state index is 12.9. The smallest absolute Gasteiger partial charge is 0.404 e. The zero-order valence-corrected chi connectivity index (χ0v) is 11.4. The Labute approximate surface area is 116 Å². The van der Waals surface area contributed by atoms with Gasteiger partial charge in [0.15, 0.2) is 0 Å². The summed E-state index contributed by atoms with van der Waals surface area (Å²) in [5.74, 6) is -1.40. The molecule has 1 unspecified atom stereocenters. The molecular weight excluding hydrogens is 273 g/mol. The molecule has 1 saturated heterocycles. The van der Waals surface area contributed by atoms with Gasteiger partial charge in [0.1, 0.15) is 6.04 Å². The summed E-state index contributed by atoms with van der Waals surface area (Å²) >= 11 is 0. The summed E-state index contributed by atoms with van der Waals surface area (Å²) in [5.41, 5.74) is 0. The third-order valence-electron chi connectivity index (χ3n) is 4.38. The van der Waals surface area contributed by atoms with Crippen LogP contribution in [0.2, 0.25) is 0 Å².